The van der Waals surface area contributed by atoms with Crippen LogP contribution in [-0.2, 0) is 11.4 Å². The van der Waals surface area contributed by atoms with Crippen molar-refractivity contribution in [2.75, 3.05) is 0 Å². The lowest BCUT2D eigenvalue weighted by Gasteiger charge is -2.17. The van der Waals surface area contributed by atoms with E-state index in [4.69, 9.17) is 19.8 Å². The van der Waals surface area contributed by atoms with Gasteiger partial charge in [-0.15, -0.1) is 0 Å². The molecule has 0 spiro atoms. The number of aliphatic hydroxyl groups is 1. The Bertz CT molecular complexity index is 1520. The molecule has 0 saturated carbocycles. The highest BCUT2D eigenvalue weighted by Gasteiger charge is 2.31. The van der Waals surface area contributed by atoms with Crippen molar-refractivity contribution < 1.29 is 9.94 Å². The Hall–Kier alpha value is -4.36. The Morgan fingerprint density at radius 1 is 0.946 bits per heavy atom. The molecule has 6 rings (SSSR count). The van der Waals surface area contributed by atoms with Crippen LogP contribution in [0.15, 0.2) is 96.7 Å². The smallest absolute Gasteiger partial charge is 0.144 e. The molecule has 1 aromatic carbocycles. The van der Waals surface area contributed by atoms with Gasteiger partial charge in [0.1, 0.15) is 11.8 Å². The van der Waals surface area contributed by atoms with E-state index in [9.17, 15) is 5.11 Å². The second-order valence-electron chi connectivity index (χ2n) is 9.38. The third-order valence-electron chi connectivity index (χ3n) is 7.01. The quantitative estimate of drug-likeness (QED) is 0.347. The zero-order valence-electron chi connectivity index (χ0n) is 20.7. The lowest BCUT2D eigenvalue weighted by molar-refractivity contribution is 0.0904. The van der Waals surface area contributed by atoms with Crippen LogP contribution in [0.5, 0.6) is 0 Å². The summed E-state index contributed by atoms with van der Waals surface area (Å²) in [6, 6.07) is 22.0. The van der Waals surface area contributed by atoms with Crippen molar-refractivity contribution in [3.05, 3.63) is 120 Å². The first-order valence-corrected chi connectivity index (χ1v) is 12.4. The summed E-state index contributed by atoms with van der Waals surface area (Å²) in [4.78, 5) is 20.0. The summed E-state index contributed by atoms with van der Waals surface area (Å²) in [6.07, 6.45) is 7.64. The van der Waals surface area contributed by atoms with Crippen LogP contribution in [0.3, 0.4) is 0 Å². The monoisotopic (exact) mass is 489 g/mol. The van der Waals surface area contributed by atoms with Gasteiger partial charge in [0.2, 0.25) is 0 Å². The van der Waals surface area contributed by atoms with E-state index in [1.807, 2.05) is 93.1 Å². The minimum Gasteiger partial charge on any atom is -0.392 e. The van der Waals surface area contributed by atoms with E-state index in [-0.39, 0.29) is 24.5 Å². The van der Waals surface area contributed by atoms with Crippen molar-refractivity contribution in [3.8, 4) is 5.69 Å². The Labute approximate surface area is 215 Å². The summed E-state index contributed by atoms with van der Waals surface area (Å²) in [5, 5.41) is 14.8. The van der Waals surface area contributed by atoms with Crippen molar-refractivity contribution in [1.82, 2.24) is 19.5 Å². The minimum absolute atomic E-state index is 0.00351. The van der Waals surface area contributed by atoms with Crippen LogP contribution in [0.4, 0.5) is 0 Å². The highest BCUT2D eigenvalue weighted by Crippen LogP contribution is 2.38. The molecule has 2 unspecified atom stereocenters. The van der Waals surface area contributed by atoms with Crippen LogP contribution in [0.25, 0.3) is 16.7 Å². The summed E-state index contributed by atoms with van der Waals surface area (Å²) in [6.45, 7) is 4.04. The number of benzene rings is 1. The fourth-order valence-corrected chi connectivity index (χ4v) is 5.21. The van der Waals surface area contributed by atoms with Gasteiger partial charge in [0.05, 0.1) is 35.5 Å². The second kappa shape index (κ2) is 9.59. The number of fused-ring (bicyclic) bond motifs is 1. The third-order valence-corrected chi connectivity index (χ3v) is 7.01. The topological polar surface area (TPSA) is 85.4 Å². The number of rotatable bonds is 6. The second-order valence-corrected chi connectivity index (χ2v) is 9.38. The maximum atomic E-state index is 9.52. The van der Waals surface area contributed by atoms with Crippen LogP contribution in [0, 0.1) is 0 Å². The van der Waals surface area contributed by atoms with E-state index >= 15 is 0 Å². The van der Waals surface area contributed by atoms with Gasteiger partial charge in [-0.2, -0.15) is 0 Å². The zero-order valence-corrected chi connectivity index (χ0v) is 20.7. The molecule has 1 N–H and O–H groups in total. The van der Waals surface area contributed by atoms with E-state index in [0.29, 0.717) is 0 Å². The Kier molecular flexibility index (Phi) is 5.98. The molecule has 0 aliphatic carbocycles. The predicted molar refractivity (Wildman–Crippen MR) is 143 cm³/mol. The van der Waals surface area contributed by atoms with Gasteiger partial charge in [-0.05, 0) is 73.0 Å². The normalized spacial score (nSPS) is 17.2. The summed E-state index contributed by atoms with van der Waals surface area (Å²) < 4.78 is 2.10. The van der Waals surface area contributed by atoms with Crippen molar-refractivity contribution in [3.63, 3.8) is 0 Å². The van der Waals surface area contributed by atoms with Crippen LogP contribution in [0.2, 0.25) is 0 Å². The number of aromatic nitrogens is 4. The van der Waals surface area contributed by atoms with E-state index in [1.165, 1.54) is 0 Å². The average Bonchev–Trinajstić information content (AvgIpc) is 3.49. The molecule has 5 heterocycles. The van der Waals surface area contributed by atoms with Gasteiger partial charge < -0.3 is 14.5 Å². The highest BCUT2D eigenvalue weighted by molar-refractivity contribution is 5.92. The van der Waals surface area contributed by atoms with E-state index in [2.05, 4.69) is 22.0 Å². The fraction of sp³-hybridized carbons (Fsp3) is 0.200. The molecule has 0 amide bonds. The average molecular weight is 490 g/mol. The standard InChI is InChI=1S/C30H27N5O2/c1-19-28(20(2)37-34-19)22-15-24-25(29(26-7-3-5-13-31-26)27-8-4-6-14-32-27)17-35(30(24)33-16-22)23-11-9-21(18-36)10-12-23/h3-17,20,28-29,36H,18H2,1-2H3. The summed E-state index contributed by atoms with van der Waals surface area (Å²) >= 11 is 0. The van der Waals surface area contributed by atoms with Crippen LogP contribution in [-0.4, -0.2) is 36.4 Å². The van der Waals surface area contributed by atoms with Crippen molar-refractivity contribution in [2.24, 2.45) is 5.16 Å². The van der Waals surface area contributed by atoms with Crippen molar-refractivity contribution in [1.29, 1.82) is 0 Å². The molecular weight excluding hydrogens is 462 g/mol. The molecule has 2 atom stereocenters. The molecular formula is C30H27N5O2. The third kappa shape index (κ3) is 4.17. The number of hydrogen-bond acceptors (Lipinski definition) is 6. The van der Waals surface area contributed by atoms with E-state index < -0.39 is 0 Å². The van der Waals surface area contributed by atoms with Gasteiger partial charge in [0.15, 0.2) is 0 Å². The first kappa shape index (κ1) is 23.1. The fourth-order valence-electron chi connectivity index (χ4n) is 5.21. The van der Waals surface area contributed by atoms with Gasteiger partial charge in [0, 0.05) is 35.9 Å². The minimum atomic E-state index is -0.188. The summed E-state index contributed by atoms with van der Waals surface area (Å²) in [5.74, 6) is -0.146. The number of oxime groups is 1. The number of nitrogens with zero attached hydrogens (tertiary/aromatic N) is 5. The molecule has 4 aromatic heterocycles. The molecule has 1 aliphatic heterocycles. The van der Waals surface area contributed by atoms with Crippen molar-refractivity contribution >= 4 is 16.7 Å². The van der Waals surface area contributed by atoms with Gasteiger partial charge in [-0.1, -0.05) is 29.4 Å². The lowest BCUT2D eigenvalue weighted by atomic mass is 9.88. The molecule has 0 bridgehead atoms. The van der Waals surface area contributed by atoms with Gasteiger partial charge in [-0.25, -0.2) is 4.98 Å². The number of hydrogen-bond donors (Lipinski definition) is 1. The lowest BCUT2D eigenvalue weighted by Crippen LogP contribution is -2.16. The van der Waals surface area contributed by atoms with Gasteiger partial charge in [-0.3, -0.25) is 9.97 Å². The van der Waals surface area contributed by atoms with Gasteiger partial charge >= 0.3 is 0 Å². The Morgan fingerprint density at radius 2 is 1.65 bits per heavy atom. The van der Waals surface area contributed by atoms with E-state index in [1.54, 1.807) is 0 Å². The number of pyridine rings is 3. The molecule has 37 heavy (non-hydrogen) atoms. The van der Waals surface area contributed by atoms with Crippen LogP contribution in [0.1, 0.15) is 53.8 Å². The molecule has 0 saturated heterocycles. The SMILES string of the molecule is CC1=NOC(C)C1c1cnc2c(c1)c(C(c1ccccn1)c1ccccn1)cn2-c1ccc(CO)cc1. The molecule has 5 aromatic rings. The van der Waals surface area contributed by atoms with Crippen LogP contribution < -0.4 is 0 Å². The molecule has 0 radical (unpaired) electrons. The summed E-state index contributed by atoms with van der Waals surface area (Å²) in [5.41, 5.74) is 7.57. The zero-order chi connectivity index (χ0) is 25.4. The maximum absolute atomic E-state index is 9.52. The first-order chi connectivity index (χ1) is 18.1. The molecule has 7 nitrogen and oxygen atoms in total. The number of aliphatic hydroxyl groups excluding tert-OH is 1. The molecule has 0 fully saturated rings. The predicted octanol–water partition coefficient (Wildman–Crippen LogP) is 5.37. The highest BCUT2D eigenvalue weighted by atomic mass is 16.6. The summed E-state index contributed by atoms with van der Waals surface area (Å²) in [7, 11) is 0. The molecule has 1 aliphatic rings. The largest absolute Gasteiger partial charge is 0.392 e. The van der Waals surface area contributed by atoms with Gasteiger partial charge in [0.25, 0.3) is 0 Å². The van der Waals surface area contributed by atoms with E-state index in [0.717, 1.165) is 50.5 Å². The Balaban J connectivity index is 1.61. The van der Waals surface area contributed by atoms with Crippen molar-refractivity contribution in [2.45, 2.75) is 38.4 Å². The first-order valence-electron chi connectivity index (χ1n) is 12.4. The molecule has 184 valence electrons. The molecule has 7 heteroatoms. The van der Waals surface area contributed by atoms with Crippen LogP contribution >= 0.6 is 0 Å². The maximum Gasteiger partial charge on any atom is 0.144 e. The Morgan fingerprint density at radius 3 is 2.22 bits per heavy atom.